The van der Waals surface area contributed by atoms with Crippen LogP contribution >= 0.6 is 0 Å². The minimum atomic E-state index is -3.49. The summed E-state index contributed by atoms with van der Waals surface area (Å²) >= 11 is 0. The van der Waals surface area contributed by atoms with Gasteiger partial charge in [0.2, 0.25) is 15.9 Å². The second-order valence-corrected chi connectivity index (χ2v) is 9.69. The lowest BCUT2D eigenvalue weighted by Crippen LogP contribution is -2.40. The molecule has 1 fully saturated rings. The quantitative estimate of drug-likeness (QED) is 0.696. The third-order valence-corrected chi connectivity index (χ3v) is 7.55. The van der Waals surface area contributed by atoms with Crippen LogP contribution in [0, 0.1) is 12.8 Å². The van der Waals surface area contributed by atoms with Gasteiger partial charge in [-0.1, -0.05) is 24.3 Å². The van der Waals surface area contributed by atoms with Crippen LogP contribution in [-0.2, 0) is 21.4 Å². The topological polar surface area (TPSA) is 70.6 Å². The Morgan fingerprint density at radius 1 is 1.24 bits per heavy atom. The van der Waals surface area contributed by atoms with Crippen LogP contribution in [0.5, 0.6) is 0 Å². The van der Waals surface area contributed by atoms with Crippen LogP contribution in [0.2, 0.25) is 0 Å². The van der Waals surface area contributed by atoms with E-state index in [-0.39, 0.29) is 11.8 Å². The number of carbonyl (C=O) groups excluding carboxylic acids is 1. The summed E-state index contributed by atoms with van der Waals surface area (Å²) in [6, 6.07) is 10.9. The summed E-state index contributed by atoms with van der Waals surface area (Å²) in [6.07, 6.45) is 6.40. The van der Waals surface area contributed by atoms with Crippen LogP contribution in [0.3, 0.4) is 0 Å². The number of nitrogens with zero attached hydrogens (tertiary/aromatic N) is 3. The fourth-order valence-electron chi connectivity index (χ4n) is 3.84. The zero-order valence-electron chi connectivity index (χ0n) is 17.1. The average molecular weight is 416 g/mol. The number of amides is 1. The number of piperidine rings is 1. The molecule has 2 heterocycles. The van der Waals surface area contributed by atoms with Gasteiger partial charge in [0, 0.05) is 45.5 Å². The SMILES string of the molecule is Cc1ccccc1S(=O)(=O)N1CCCC(CCC(=O)N(C)Cc2cccnc2)C1. The minimum Gasteiger partial charge on any atom is -0.341 e. The molecule has 1 aromatic heterocycles. The van der Waals surface area contributed by atoms with E-state index >= 15 is 0 Å². The smallest absolute Gasteiger partial charge is 0.243 e. The van der Waals surface area contributed by atoms with Gasteiger partial charge >= 0.3 is 0 Å². The Morgan fingerprint density at radius 2 is 2.03 bits per heavy atom. The first-order valence-electron chi connectivity index (χ1n) is 10.1. The van der Waals surface area contributed by atoms with Gasteiger partial charge in [0.15, 0.2) is 0 Å². The molecule has 1 unspecified atom stereocenters. The molecular weight excluding hydrogens is 386 g/mol. The lowest BCUT2D eigenvalue weighted by atomic mass is 9.94. The summed E-state index contributed by atoms with van der Waals surface area (Å²) < 4.78 is 27.7. The Labute approximate surface area is 173 Å². The highest BCUT2D eigenvalue weighted by atomic mass is 32.2. The second kappa shape index (κ2) is 9.50. The standard InChI is InChI=1S/C22H29N3O3S/c1-18-7-3-4-10-21(18)29(27,28)25-14-6-9-19(17-25)11-12-22(26)24(2)16-20-8-5-13-23-15-20/h3-5,7-8,10,13,15,19H,6,9,11-12,14,16-17H2,1-2H3. The van der Waals surface area contributed by atoms with Crippen LogP contribution in [0.15, 0.2) is 53.7 Å². The largest absolute Gasteiger partial charge is 0.341 e. The second-order valence-electron chi connectivity index (χ2n) is 7.79. The lowest BCUT2D eigenvalue weighted by Gasteiger charge is -2.32. The molecule has 1 atom stereocenters. The number of hydrogen-bond acceptors (Lipinski definition) is 4. The highest BCUT2D eigenvalue weighted by Gasteiger charge is 2.31. The Bertz CT molecular complexity index is 931. The predicted molar refractivity (Wildman–Crippen MR) is 113 cm³/mol. The monoisotopic (exact) mass is 415 g/mol. The number of sulfonamides is 1. The number of benzene rings is 1. The van der Waals surface area contributed by atoms with E-state index in [4.69, 9.17) is 0 Å². The maximum atomic E-state index is 13.0. The van der Waals surface area contributed by atoms with Crippen LogP contribution in [0.25, 0.3) is 0 Å². The number of rotatable bonds is 7. The van der Waals surface area contributed by atoms with Crippen molar-refractivity contribution in [2.45, 2.75) is 44.0 Å². The van der Waals surface area contributed by atoms with Gasteiger partial charge in [0.1, 0.15) is 0 Å². The van der Waals surface area contributed by atoms with Crippen LogP contribution < -0.4 is 0 Å². The zero-order valence-corrected chi connectivity index (χ0v) is 17.9. The molecule has 29 heavy (non-hydrogen) atoms. The van der Waals surface area contributed by atoms with Crippen molar-refractivity contribution < 1.29 is 13.2 Å². The summed E-state index contributed by atoms with van der Waals surface area (Å²) in [4.78, 5) is 18.7. The first-order valence-corrected chi connectivity index (χ1v) is 11.5. The van der Waals surface area contributed by atoms with Gasteiger partial charge in [-0.25, -0.2) is 8.42 Å². The van der Waals surface area contributed by atoms with Gasteiger partial charge in [-0.2, -0.15) is 4.31 Å². The number of pyridine rings is 1. The minimum absolute atomic E-state index is 0.0766. The van der Waals surface area contributed by atoms with Crippen molar-refractivity contribution in [2.75, 3.05) is 20.1 Å². The summed E-state index contributed by atoms with van der Waals surface area (Å²) in [7, 11) is -1.69. The normalized spacial score (nSPS) is 17.8. The van der Waals surface area contributed by atoms with E-state index in [1.165, 1.54) is 0 Å². The summed E-state index contributed by atoms with van der Waals surface area (Å²) in [6.45, 7) is 3.38. The van der Waals surface area contributed by atoms with Crippen molar-refractivity contribution in [1.29, 1.82) is 0 Å². The fraction of sp³-hybridized carbons (Fsp3) is 0.455. The van der Waals surface area contributed by atoms with Gasteiger partial charge in [-0.15, -0.1) is 0 Å². The molecule has 0 saturated carbocycles. The molecule has 2 aromatic rings. The van der Waals surface area contributed by atoms with E-state index in [1.54, 1.807) is 40.8 Å². The average Bonchev–Trinajstić information content (AvgIpc) is 2.73. The highest BCUT2D eigenvalue weighted by Crippen LogP contribution is 2.27. The molecular formula is C22H29N3O3S. The van der Waals surface area contributed by atoms with Gasteiger partial charge in [0.05, 0.1) is 4.90 Å². The number of aryl methyl sites for hydroxylation is 1. The zero-order chi connectivity index (χ0) is 20.9. The summed E-state index contributed by atoms with van der Waals surface area (Å²) in [5, 5.41) is 0. The molecule has 1 saturated heterocycles. The van der Waals surface area contributed by atoms with Crippen LogP contribution in [0.4, 0.5) is 0 Å². The molecule has 3 rings (SSSR count). The van der Waals surface area contributed by atoms with Crippen molar-refractivity contribution in [2.24, 2.45) is 5.92 Å². The van der Waals surface area contributed by atoms with Gasteiger partial charge < -0.3 is 4.90 Å². The van der Waals surface area contributed by atoms with Crippen molar-refractivity contribution in [3.8, 4) is 0 Å². The van der Waals surface area contributed by atoms with Crippen molar-refractivity contribution in [3.63, 3.8) is 0 Å². The van der Waals surface area contributed by atoms with E-state index in [2.05, 4.69) is 4.98 Å². The summed E-state index contributed by atoms with van der Waals surface area (Å²) in [5.74, 6) is 0.283. The van der Waals surface area contributed by atoms with Crippen molar-refractivity contribution in [3.05, 3.63) is 59.9 Å². The predicted octanol–water partition coefficient (Wildman–Crippen LogP) is 3.23. The van der Waals surface area contributed by atoms with E-state index in [1.807, 2.05) is 31.2 Å². The Hall–Kier alpha value is -2.25. The Balaban J connectivity index is 1.56. The Kier molecular flexibility index (Phi) is 7.03. The summed E-state index contributed by atoms with van der Waals surface area (Å²) in [5.41, 5.74) is 1.76. The molecule has 7 heteroatoms. The molecule has 0 aliphatic carbocycles. The number of hydrogen-bond donors (Lipinski definition) is 0. The van der Waals surface area contributed by atoms with E-state index in [9.17, 15) is 13.2 Å². The highest BCUT2D eigenvalue weighted by molar-refractivity contribution is 7.89. The molecule has 1 amide bonds. The lowest BCUT2D eigenvalue weighted by molar-refractivity contribution is -0.130. The first-order chi connectivity index (χ1) is 13.9. The van der Waals surface area contributed by atoms with Gasteiger partial charge in [-0.3, -0.25) is 9.78 Å². The molecule has 1 aromatic carbocycles. The van der Waals surface area contributed by atoms with Crippen molar-refractivity contribution >= 4 is 15.9 Å². The third-order valence-electron chi connectivity index (χ3n) is 5.53. The molecule has 1 aliphatic heterocycles. The molecule has 156 valence electrons. The van der Waals surface area contributed by atoms with Gasteiger partial charge in [0.25, 0.3) is 0 Å². The molecule has 0 N–H and O–H groups in total. The molecule has 0 spiro atoms. The molecule has 1 aliphatic rings. The maximum Gasteiger partial charge on any atom is 0.243 e. The fourth-order valence-corrected chi connectivity index (χ4v) is 5.62. The molecule has 0 bridgehead atoms. The van der Waals surface area contributed by atoms with Crippen molar-refractivity contribution in [1.82, 2.24) is 14.2 Å². The first kappa shape index (κ1) is 21.5. The molecule has 0 radical (unpaired) electrons. The van der Waals surface area contributed by atoms with E-state index < -0.39 is 10.0 Å². The van der Waals surface area contributed by atoms with E-state index in [0.29, 0.717) is 37.4 Å². The molecule has 6 nitrogen and oxygen atoms in total. The number of aromatic nitrogens is 1. The van der Waals surface area contributed by atoms with Crippen LogP contribution in [0.1, 0.15) is 36.8 Å². The Morgan fingerprint density at radius 3 is 2.76 bits per heavy atom. The van der Waals surface area contributed by atoms with E-state index in [0.717, 1.165) is 24.0 Å². The van der Waals surface area contributed by atoms with Gasteiger partial charge in [-0.05, 0) is 55.4 Å². The maximum absolute atomic E-state index is 13.0. The third kappa shape index (κ3) is 5.42. The number of carbonyl (C=O) groups is 1. The van der Waals surface area contributed by atoms with Crippen LogP contribution in [-0.4, -0.2) is 48.7 Å².